The van der Waals surface area contributed by atoms with Crippen molar-refractivity contribution in [2.24, 2.45) is 0 Å². The molecule has 0 bridgehead atoms. The fourth-order valence-electron chi connectivity index (χ4n) is 0.668. The molecule has 0 spiro atoms. The molecule has 0 saturated heterocycles. The van der Waals surface area contributed by atoms with Crippen LogP contribution in [-0.4, -0.2) is 37.4 Å². The maximum atomic E-state index is 9.60. The van der Waals surface area contributed by atoms with E-state index >= 15 is 0 Å². The number of nitrogens with one attached hydrogen (secondary N) is 1. The lowest BCUT2D eigenvalue weighted by Gasteiger charge is -1.86. The van der Waals surface area contributed by atoms with Crippen LogP contribution in [0.1, 0.15) is 47.5 Å². The van der Waals surface area contributed by atoms with E-state index in [4.69, 9.17) is 9.84 Å². The second kappa shape index (κ2) is 23.9. The SMILES string of the molecule is CCCC(=O)O.CCNCC.CCOCC. The molecule has 0 aliphatic carbocycles. The first kappa shape index (κ1) is 20.8. The summed E-state index contributed by atoms with van der Waals surface area (Å²) >= 11 is 0. The van der Waals surface area contributed by atoms with Gasteiger partial charge in [0.1, 0.15) is 0 Å². The maximum absolute atomic E-state index is 9.60. The fraction of sp³-hybridized carbons (Fsp3) is 0.917. The minimum absolute atomic E-state index is 0.292. The Bertz CT molecular complexity index is 109. The highest BCUT2D eigenvalue weighted by atomic mass is 16.5. The number of aliphatic carboxylic acids is 1. The van der Waals surface area contributed by atoms with E-state index in [0.717, 1.165) is 32.7 Å². The van der Waals surface area contributed by atoms with Gasteiger partial charge in [0.2, 0.25) is 0 Å². The molecule has 0 rings (SSSR count). The van der Waals surface area contributed by atoms with Crippen molar-refractivity contribution in [3.8, 4) is 0 Å². The summed E-state index contributed by atoms with van der Waals surface area (Å²) in [7, 11) is 0. The van der Waals surface area contributed by atoms with Crippen LogP contribution in [-0.2, 0) is 9.53 Å². The normalized spacial score (nSPS) is 8.31. The number of rotatable bonds is 6. The van der Waals surface area contributed by atoms with Gasteiger partial charge >= 0.3 is 5.97 Å². The van der Waals surface area contributed by atoms with Crippen molar-refractivity contribution >= 4 is 5.97 Å². The fourth-order valence-corrected chi connectivity index (χ4v) is 0.668. The molecule has 0 atom stereocenters. The van der Waals surface area contributed by atoms with Crippen LogP contribution >= 0.6 is 0 Å². The summed E-state index contributed by atoms with van der Waals surface area (Å²) in [4.78, 5) is 9.60. The van der Waals surface area contributed by atoms with Crippen molar-refractivity contribution < 1.29 is 14.6 Å². The van der Waals surface area contributed by atoms with Gasteiger partial charge in [0, 0.05) is 19.6 Å². The van der Waals surface area contributed by atoms with Crippen LogP contribution in [0.15, 0.2) is 0 Å². The molecule has 100 valence electrons. The monoisotopic (exact) mass is 235 g/mol. The number of hydrogen-bond donors (Lipinski definition) is 2. The molecule has 0 saturated carbocycles. The predicted molar refractivity (Wildman–Crippen MR) is 68.9 cm³/mol. The van der Waals surface area contributed by atoms with E-state index in [0.29, 0.717) is 6.42 Å². The summed E-state index contributed by atoms with van der Waals surface area (Å²) in [5.74, 6) is -0.711. The van der Waals surface area contributed by atoms with Crippen LogP contribution in [0.2, 0.25) is 0 Å². The Kier molecular flexibility index (Phi) is 31.0. The van der Waals surface area contributed by atoms with Crippen LogP contribution < -0.4 is 5.32 Å². The minimum atomic E-state index is -0.711. The summed E-state index contributed by atoms with van der Waals surface area (Å²) < 4.78 is 4.83. The third-order valence-corrected chi connectivity index (χ3v) is 1.37. The number of carbonyl (C=O) groups is 1. The van der Waals surface area contributed by atoms with E-state index in [9.17, 15) is 4.79 Å². The molecule has 4 heteroatoms. The molecule has 0 amide bonds. The Morgan fingerprint density at radius 3 is 1.50 bits per heavy atom. The van der Waals surface area contributed by atoms with Crippen LogP contribution in [0.25, 0.3) is 0 Å². The van der Waals surface area contributed by atoms with Crippen LogP contribution in [0.3, 0.4) is 0 Å². The van der Waals surface area contributed by atoms with Gasteiger partial charge in [-0.25, -0.2) is 0 Å². The van der Waals surface area contributed by atoms with Gasteiger partial charge in [-0.05, 0) is 33.4 Å². The van der Waals surface area contributed by atoms with Crippen molar-refractivity contribution in [3.05, 3.63) is 0 Å². The van der Waals surface area contributed by atoms with E-state index in [-0.39, 0.29) is 0 Å². The molecular formula is C12H29NO3. The van der Waals surface area contributed by atoms with Crippen molar-refractivity contribution in [1.82, 2.24) is 5.32 Å². The molecule has 0 radical (unpaired) electrons. The number of carboxylic acid groups (broad SMARTS) is 1. The molecule has 0 aromatic rings. The molecule has 0 fully saturated rings. The predicted octanol–water partition coefficient (Wildman–Crippen LogP) is 2.53. The minimum Gasteiger partial charge on any atom is -0.481 e. The Balaban J connectivity index is -0.000000160. The molecule has 0 aromatic heterocycles. The lowest BCUT2D eigenvalue weighted by molar-refractivity contribution is -0.137. The van der Waals surface area contributed by atoms with Gasteiger partial charge in [0.05, 0.1) is 0 Å². The Hall–Kier alpha value is -0.610. The highest BCUT2D eigenvalue weighted by molar-refractivity contribution is 5.66. The van der Waals surface area contributed by atoms with E-state index in [1.54, 1.807) is 0 Å². The Morgan fingerprint density at radius 2 is 1.50 bits per heavy atom. The first-order valence-corrected chi connectivity index (χ1v) is 6.10. The van der Waals surface area contributed by atoms with Crippen molar-refractivity contribution in [3.63, 3.8) is 0 Å². The van der Waals surface area contributed by atoms with Crippen LogP contribution in [0.5, 0.6) is 0 Å². The number of carboxylic acids is 1. The topological polar surface area (TPSA) is 58.6 Å². The molecular weight excluding hydrogens is 206 g/mol. The molecule has 0 aromatic carbocycles. The number of hydrogen-bond acceptors (Lipinski definition) is 3. The quantitative estimate of drug-likeness (QED) is 0.742. The smallest absolute Gasteiger partial charge is 0.303 e. The second-order valence-electron chi connectivity index (χ2n) is 2.88. The van der Waals surface area contributed by atoms with E-state index in [1.165, 1.54) is 0 Å². The third-order valence-electron chi connectivity index (χ3n) is 1.37. The molecule has 0 aliphatic rings. The number of ether oxygens (including phenoxy) is 1. The highest BCUT2D eigenvalue weighted by Gasteiger charge is 1.87. The van der Waals surface area contributed by atoms with Gasteiger partial charge < -0.3 is 15.2 Å². The maximum Gasteiger partial charge on any atom is 0.303 e. The zero-order chi connectivity index (χ0) is 13.2. The molecule has 4 nitrogen and oxygen atoms in total. The van der Waals surface area contributed by atoms with Gasteiger partial charge in [-0.2, -0.15) is 0 Å². The molecule has 0 heterocycles. The summed E-state index contributed by atoms with van der Waals surface area (Å²) in [5.41, 5.74) is 0. The summed E-state index contributed by atoms with van der Waals surface area (Å²) in [6.07, 6.45) is 1.02. The van der Waals surface area contributed by atoms with Crippen LogP contribution in [0.4, 0.5) is 0 Å². The first-order valence-electron chi connectivity index (χ1n) is 6.10. The van der Waals surface area contributed by atoms with Gasteiger partial charge in [-0.3, -0.25) is 4.79 Å². The third kappa shape index (κ3) is 50.3. The molecule has 0 unspecified atom stereocenters. The van der Waals surface area contributed by atoms with Crippen molar-refractivity contribution in [2.45, 2.75) is 47.5 Å². The average Bonchev–Trinajstić information content (AvgIpc) is 2.21. The Morgan fingerprint density at radius 1 is 1.06 bits per heavy atom. The zero-order valence-corrected chi connectivity index (χ0v) is 11.5. The van der Waals surface area contributed by atoms with Gasteiger partial charge in [-0.15, -0.1) is 0 Å². The molecule has 0 aliphatic heterocycles. The zero-order valence-electron chi connectivity index (χ0n) is 11.5. The summed E-state index contributed by atoms with van der Waals surface area (Å²) in [6, 6.07) is 0. The first-order chi connectivity index (χ1) is 7.60. The standard InChI is InChI=1S/C4H11N.C4H8O2.C4H10O/c1-3-5-4-2;1-2-3-4(5)6;1-3-5-4-2/h5H,3-4H2,1-2H3;2-3H2,1H3,(H,5,6);3-4H2,1-2H3. The average molecular weight is 235 g/mol. The largest absolute Gasteiger partial charge is 0.481 e. The Labute approximate surface area is 100 Å². The molecule has 2 N–H and O–H groups in total. The van der Waals surface area contributed by atoms with Gasteiger partial charge in [0.25, 0.3) is 0 Å². The van der Waals surface area contributed by atoms with E-state index in [1.807, 2.05) is 20.8 Å². The lowest BCUT2D eigenvalue weighted by Crippen LogP contribution is -2.09. The highest BCUT2D eigenvalue weighted by Crippen LogP contribution is 1.82. The van der Waals surface area contributed by atoms with E-state index in [2.05, 4.69) is 19.2 Å². The van der Waals surface area contributed by atoms with Gasteiger partial charge in [-0.1, -0.05) is 20.8 Å². The van der Waals surface area contributed by atoms with Gasteiger partial charge in [0.15, 0.2) is 0 Å². The van der Waals surface area contributed by atoms with Crippen molar-refractivity contribution in [1.29, 1.82) is 0 Å². The summed E-state index contributed by atoms with van der Waals surface area (Å²) in [5, 5.41) is 11.0. The molecule has 16 heavy (non-hydrogen) atoms. The second-order valence-corrected chi connectivity index (χ2v) is 2.88. The van der Waals surface area contributed by atoms with E-state index < -0.39 is 5.97 Å². The van der Waals surface area contributed by atoms with Crippen molar-refractivity contribution in [2.75, 3.05) is 26.3 Å². The summed E-state index contributed by atoms with van der Waals surface area (Å²) in [6.45, 7) is 13.9. The van der Waals surface area contributed by atoms with Crippen LogP contribution in [0, 0.1) is 0 Å². The lowest BCUT2D eigenvalue weighted by atomic mass is 10.4.